The molecule has 0 bridgehead atoms. The summed E-state index contributed by atoms with van der Waals surface area (Å²) in [7, 11) is 0. The Morgan fingerprint density at radius 3 is 3.08 bits per heavy atom. The summed E-state index contributed by atoms with van der Waals surface area (Å²) in [6.07, 6.45) is 3.81. The van der Waals surface area contributed by atoms with Crippen LogP contribution in [0.5, 0.6) is 0 Å². The van der Waals surface area contributed by atoms with E-state index in [0.717, 1.165) is 26.0 Å². The minimum absolute atomic E-state index is 0.204. The molecule has 1 aliphatic carbocycles. The summed E-state index contributed by atoms with van der Waals surface area (Å²) in [6.45, 7) is 1.51. The van der Waals surface area contributed by atoms with Gasteiger partial charge in [0.25, 0.3) is 0 Å². The molecule has 0 unspecified atom stereocenters. The summed E-state index contributed by atoms with van der Waals surface area (Å²) in [5.74, 6) is 0.204. The Bertz CT molecular complexity index is 195. The molecule has 1 saturated heterocycles. The third-order valence-corrected chi connectivity index (χ3v) is 2.79. The molecule has 68 valence electrons. The average Bonchev–Trinajstić information content (AvgIpc) is 2.49. The fraction of sp³-hybridized carbons (Fsp3) is 0.875. The Morgan fingerprint density at radius 2 is 2.33 bits per heavy atom. The van der Waals surface area contributed by atoms with E-state index in [9.17, 15) is 0 Å². The number of rotatable bonds is 0. The first kappa shape index (κ1) is 7.86. The molecule has 4 heteroatoms. The number of nitrogens with one attached hydrogen (secondary N) is 1. The Kier molecular flexibility index (Phi) is 1.92. The lowest BCUT2D eigenvalue weighted by molar-refractivity contribution is -0.0300. The third kappa shape index (κ3) is 1.16. The van der Waals surface area contributed by atoms with Crippen molar-refractivity contribution in [3.63, 3.8) is 0 Å². The SMILES string of the molecule is N=C(N)N1CCO[C@H]2CCC[C@H]21. The van der Waals surface area contributed by atoms with E-state index in [4.69, 9.17) is 15.9 Å². The van der Waals surface area contributed by atoms with Crippen LogP contribution in [0.2, 0.25) is 0 Å². The number of guanidine groups is 1. The van der Waals surface area contributed by atoms with Gasteiger partial charge in [-0.25, -0.2) is 0 Å². The van der Waals surface area contributed by atoms with E-state index >= 15 is 0 Å². The lowest BCUT2D eigenvalue weighted by Crippen LogP contribution is -2.53. The largest absolute Gasteiger partial charge is 0.374 e. The zero-order chi connectivity index (χ0) is 8.55. The molecule has 0 amide bonds. The molecule has 2 aliphatic rings. The standard InChI is InChI=1S/C8H15N3O/c9-8(10)11-4-5-12-7-3-1-2-6(7)11/h6-7H,1-5H2,(H3,9,10)/t6-,7+/m1/s1. The van der Waals surface area contributed by atoms with Crippen molar-refractivity contribution in [2.75, 3.05) is 13.2 Å². The Balaban J connectivity index is 2.08. The lowest BCUT2D eigenvalue weighted by atomic mass is 10.1. The van der Waals surface area contributed by atoms with Gasteiger partial charge in [-0.1, -0.05) is 0 Å². The van der Waals surface area contributed by atoms with Crippen LogP contribution in [0.4, 0.5) is 0 Å². The van der Waals surface area contributed by atoms with Crippen molar-refractivity contribution in [1.29, 1.82) is 5.41 Å². The molecule has 2 atom stereocenters. The maximum Gasteiger partial charge on any atom is 0.188 e. The predicted molar refractivity (Wildman–Crippen MR) is 46.0 cm³/mol. The van der Waals surface area contributed by atoms with E-state index in [2.05, 4.69) is 0 Å². The highest BCUT2D eigenvalue weighted by Crippen LogP contribution is 2.28. The van der Waals surface area contributed by atoms with Gasteiger partial charge in [-0.3, -0.25) is 5.41 Å². The average molecular weight is 169 g/mol. The highest BCUT2D eigenvalue weighted by Gasteiger charge is 2.36. The maximum atomic E-state index is 7.39. The van der Waals surface area contributed by atoms with Crippen molar-refractivity contribution in [3.05, 3.63) is 0 Å². The summed E-state index contributed by atoms with van der Waals surface area (Å²) in [5.41, 5.74) is 5.48. The second kappa shape index (κ2) is 2.94. The highest BCUT2D eigenvalue weighted by atomic mass is 16.5. The Hall–Kier alpha value is -0.770. The second-order valence-electron chi connectivity index (χ2n) is 3.49. The molecule has 0 spiro atoms. The predicted octanol–water partition coefficient (Wildman–Crippen LogP) is 0.133. The molecule has 1 aliphatic heterocycles. The molecule has 12 heavy (non-hydrogen) atoms. The maximum absolute atomic E-state index is 7.39. The first-order valence-electron chi connectivity index (χ1n) is 4.51. The molecule has 1 saturated carbocycles. The van der Waals surface area contributed by atoms with E-state index in [1.807, 2.05) is 4.90 Å². The molecule has 0 aromatic heterocycles. The van der Waals surface area contributed by atoms with Crippen LogP contribution in [-0.4, -0.2) is 36.2 Å². The van der Waals surface area contributed by atoms with Crippen molar-refractivity contribution in [3.8, 4) is 0 Å². The first-order chi connectivity index (χ1) is 5.79. The molecule has 1 heterocycles. The monoisotopic (exact) mass is 169 g/mol. The van der Waals surface area contributed by atoms with Gasteiger partial charge in [-0.05, 0) is 19.3 Å². The number of fused-ring (bicyclic) bond motifs is 1. The van der Waals surface area contributed by atoms with Crippen molar-refractivity contribution in [2.45, 2.75) is 31.4 Å². The molecule has 0 radical (unpaired) electrons. The number of hydrogen-bond acceptors (Lipinski definition) is 2. The first-order valence-corrected chi connectivity index (χ1v) is 4.51. The summed E-state index contributed by atoms with van der Waals surface area (Å²) >= 11 is 0. The van der Waals surface area contributed by atoms with Gasteiger partial charge in [0.15, 0.2) is 5.96 Å². The van der Waals surface area contributed by atoms with Gasteiger partial charge in [0.05, 0.1) is 18.8 Å². The lowest BCUT2D eigenvalue weighted by Gasteiger charge is -2.37. The number of morpholine rings is 1. The number of nitrogens with two attached hydrogens (primary N) is 1. The van der Waals surface area contributed by atoms with Crippen molar-refractivity contribution in [2.24, 2.45) is 5.73 Å². The van der Waals surface area contributed by atoms with Gasteiger partial charge in [-0.15, -0.1) is 0 Å². The van der Waals surface area contributed by atoms with Gasteiger partial charge in [-0.2, -0.15) is 0 Å². The summed E-state index contributed by atoms with van der Waals surface area (Å²) in [4.78, 5) is 1.97. The van der Waals surface area contributed by atoms with Gasteiger partial charge in [0.2, 0.25) is 0 Å². The topological polar surface area (TPSA) is 62.3 Å². The van der Waals surface area contributed by atoms with E-state index in [0.29, 0.717) is 12.1 Å². The van der Waals surface area contributed by atoms with E-state index < -0.39 is 0 Å². The molecule has 2 rings (SSSR count). The van der Waals surface area contributed by atoms with Crippen LogP contribution in [0.25, 0.3) is 0 Å². The van der Waals surface area contributed by atoms with Crippen LogP contribution in [0.1, 0.15) is 19.3 Å². The van der Waals surface area contributed by atoms with Crippen LogP contribution in [0, 0.1) is 5.41 Å². The Labute approximate surface area is 72.2 Å². The van der Waals surface area contributed by atoms with Gasteiger partial charge < -0.3 is 15.4 Å². The molecule has 0 aromatic carbocycles. The molecular formula is C8H15N3O. The quantitative estimate of drug-likeness (QED) is 0.400. The second-order valence-corrected chi connectivity index (χ2v) is 3.49. The van der Waals surface area contributed by atoms with Gasteiger partial charge in [0, 0.05) is 6.54 Å². The van der Waals surface area contributed by atoms with E-state index in [1.54, 1.807) is 0 Å². The molecule has 3 N–H and O–H groups in total. The fourth-order valence-corrected chi connectivity index (χ4v) is 2.22. The number of ether oxygens (including phenoxy) is 1. The smallest absolute Gasteiger partial charge is 0.188 e. The minimum atomic E-state index is 0.204. The van der Waals surface area contributed by atoms with Crippen LogP contribution in [-0.2, 0) is 4.74 Å². The zero-order valence-electron chi connectivity index (χ0n) is 7.12. The minimum Gasteiger partial charge on any atom is -0.374 e. The van der Waals surface area contributed by atoms with Crippen molar-refractivity contribution in [1.82, 2.24) is 4.90 Å². The zero-order valence-corrected chi connectivity index (χ0v) is 7.12. The highest BCUT2D eigenvalue weighted by molar-refractivity contribution is 5.75. The molecular weight excluding hydrogens is 154 g/mol. The van der Waals surface area contributed by atoms with Crippen LogP contribution < -0.4 is 5.73 Å². The van der Waals surface area contributed by atoms with Crippen molar-refractivity contribution < 1.29 is 4.74 Å². The van der Waals surface area contributed by atoms with Gasteiger partial charge >= 0.3 is 0 Å². The molecule has 0 aromatic rings. The summed E-state index contributed by atoms with van der Waals surface area (Å²) < 4.78 is 5.59. The normalized spacial score (nSPS) is 34.8. The van der Waals surface area contributed by atoms with E-state index in [1.165, 1.54) is 6.42 Å². The van der Waals surface area contributed by atoms with Crippen molar-refractivity contribution >= 4 is 5.96 Å². The molecule has 2 fully saturated rings. The van der Waals surface area contributed by atoms with E-state index in [-0.39, 0.29) is 5.96 Å². The number of nitrogens with zero attached hydrogens (tertiary/aromatic N) is 1. The summed E-state index contributed by atoms with van der Waals surface area (Å²) in [5, 5.41) is 7.39. The Morgan fingerprint density at radius 1 is 1.50 bits per heavy atom. The molecule has 4 nitrogen and oxygen atoms in total. The fourth-order valence-electron chi connectivity index (χ4n) is 2.22. The van der Waals surface area contributed by atoms with Gasteiger partial charge in [0.1, 0.15) is 0 Å². The third-order valence-electron chi connectivity index (χ3n) is 2.79. The number of hydrogen-bond donors (Lipinski definition) is 2. The van der Waals surface area contributed by atoms with Crippen LogP contribution >= 0.6 is 0 Å². The van der Waals surface area contributed by atoms with Crippen LogP contribution in [0.15, 0.2) is 0 Å². The summed E-state index contributed by atoms with van der Waals surface area (Å²) in [6, 6.07) is 0.385. The van der Waals surface area contributed by atoms with Crippen LogP contribution in [0.3, 0.4) is 0 Å².